The van der Waals surface area contributed by atoms with Crippen LogP contribution in [-0.4, -0.2) is 39.5 Å². The molecule has 0 aromatic carbocycles. The molecular weight excluding hydrogens is 224 g/mol. The molecule has 1 saturated heterocycles. The molecule has 0 unspecified atom stereocenters. The van der Waals surface area contributed by atoms with E-state index in [0.717, 1.165) is 19.5 Å². The Morgan fingerprint density at radius 3 is 2.83 bits per heavy atom. The van der Waals surface area contributed by atoms with E-state index in [-0.39, 0.29) is 0 Å². The predicted octanol–water partition coefficient (Wildman–Crippen LogP) is 2.20. The summed E-state index contributed by atoms with van der Waals surface area (Å²) in [6, 6.07) is 0. The van der Waals surface area contributed by atoms with Crippen LogP contribution in [0.25, 0.3) is 0 Å². The summed E-state index contributed by atoms with van der Waals surface area (Å²) in [6.45, 7) is 4.62. The Labute approximate surface area is 109 Å². The molecule has 4 heteroatoms. The molecule has 98 valence electrons. The van der Waals surface area contributed by atoms with Gasteiger partial charge in [-0.05, 0) is 45.2 Å². The minimum absolute atomic E-state index is 0.593. The molecule has 0 amide bonds. The van der Waals surface area contributed by atoms with Crippen molar-refractivity contribution in [1.82, 2.24) is 19.9 Å². The van der Waals surface area contributed by atoms with Gasteiger partial charge in [-0.25, -0.2) is 0 Å². The van der Waals surface area contributed by atoms with Gasteiger partial charge in [0.2, 0.25) is 0 Å². The molecule has 0 bridgehead atoms. The molecule has 2 aliphatic rings. The second-order valence-electron chi connectivity index (χ2n) is 5.44. The standard InChI is InChI=1S/C14H22N4/c1-2-6-13(7-3-1)14-12-18(16-15-14)11-10-17-8-4-5-9-17/h1-2,12-13H,3-11H2/t13-/m0/s1. The number of allylic oxidation sites excluding steroid dienone is 2. The molecule has 1 aliphatic carbocycles. The molecule has 18 heavy (non-hydrogen) atoms. The molecule has 0 radical (unpaired) electrons. The Bertz CT molecular complexity index is 404. The van der Waals surface area contributed by atoms with Crippen LogP contribution in [0, 0.1) is 0 Å². The van der Waals surface area contributed by atoms with Crippen molar-refractivity contribution >= 4 is 0 Å². The summed E-state index contributed by atoms with van der Waals surface area (Å²) in [5.41, 5.74) is 1.18. The Hall–Kier alpha value is -1.16. The van der Waals surface area contributed by atoms with Crippen LogP contribution in [0.4, 0.5) is 0 Å². The zero-order valence-electron chi connectivity index (χ0n) is 11.0. The molecule has 1 aromatic rings. The molecule has 4 nitrogen and oxygen atoms in total. The fraction of sp³-hybridized carbons (Fsp3) is 0.714. The highest BCUT2D eigenvalue weighted by molar-refractivity contribution is 5.08. The van der Waals surface area contributed by atoms with E-state index >= 15 is 0 Å². The quantitative estimate of drug-likeness (QED) is 0.764. The lowest BCUT2D eigenvalue weighted by molar-refractivity contribution is 0.314. The summed E-state index contributed by atoms with van der Waals surface area (Å²) < 4.78 is 2.02. The van der Waals surface area contributed by atoms with Crippen LogP contribution in [0.2, 0.25) is 0 Å². The highest BCUT2D eigenvalue weighted by atomic mass is 15.4. The molecule has 1 atom stereocenters. The molecule has 0 spiro atoms. The van der Waals surface area contributed by atoms with Crippen LogP contribution >= 0.6 is 0 Å². The van der Waals surface area contributed by atoms with E-state index in [1.165, 1.54) is 44.5 Å². The highest BCUT2D eigenvalue weighted by Crippen LogP contribution is 2.27. The molecule has 0 N–H and O–H groups in total. The monoisotopic (exact) mass is 246 g/mol. The SMILES string of the molecule is C1=CC[C@H](c2cn(CCN3CCCC3)nn2)CC1. The lowest BCUT2D eigenvalue weighted by Gasteiger charge is -2.14. The molecule has 1 aromatic heterocycles. The van der Waals surface area contributed by atoms with E-state index in [1.807, 2.05) is 4.68 Å². The van der Waals surface area contributed by atoms with E-state index in [0.29, 0.717) is 5.92 Å². The van der Waals surface area contributed by atoms with E-state index < -0.39 is 0 Å². The van der Waals surface area contributed by atoms with Gasteiger partial charge >= 0.3 is 0 Å². The minimum Gasteiger partial charge on any atom is -0.301 e. The third-order valence-corrected chi connectivity index (χ3v) is 4.09. The van der Waals surface area contributed by atoms with Crippen LogP contribution in [-0.2, 0) is 6.54 Å². The smallest absolute Gasteiger partial charge is 0.0861 e. The Kier molecular flexibility index (Phi) is 3.74. The van der Waals surface area contributed by atoms with Crippen molar-refractivity contribution < 1.29 is 0 Å². The van der Waals surface area contributed by atoms with Gasteiger partial charge in [0, 0.05) is 18.7 Å². The molecule has 0 saturated carbocycles. The summed E-state index contributed by atoms with van der Waals surface area (Å²) in [6.07, 6.45) is 13.0. The highest BCUT2D eigenvalue weighted by Gasteiger charge is 2.16. The number of likely N-dealkylation sites (tertiary alicyclic amines) is 1. The zero-order chi connectivity index (χ0) is 12.2. The molecule has 2 heterocycles. The first-order valence-electron chi connectivity index (χ1n) is 7.19. The minimum atomic E-state index is 0.593. The van der Waals surface area contributed by atoms with Crippen LogP contribution < -0.4 is 0 Å². The third-order valence-electron chi connectivity index (χ3n) is 4.09. The fourth-order valence-electron chi connectivity index (χ4n) is 2.92. The Morgan fingerprint density at radius 2 is 2.06 bits per heavy atom. The lowest BCUT2D eigenvalue weighted by Crippen LogP contribution is -2.24. The summed E-state index contributed by atoms with van der Waals surface area (Å²) in [7, 11) is 0. The van der Waals surface area contributed by atoms with Gasteiger partial charge in [-0.1, -0.05) is 17.4 Å². The largest absolute Gasteiger partial charge is 0.301 e. The maximum atomic E-state index is 4.35. The van der Waals surface area contributed by atoms with Crippen molar-refractivity contribution in [2.45, 2.75) is 44.6 Å². The topological polar surface area (TPSA) is 34.0 Å². The average molecular weight is 246 g/mol. The maximum absolute atomic E-state index is 4.35. The first-order chi connectivity index (χ1) is 8.92. The Balaban J connectivity index is 1.54. The normalized spacial score (nSPS) is 24.8. The van der Waals surface area contributed by atoms with Crippen molar-refractivity contribution in [2.24, 2.45) is 0 Å². The number of rotatable bonds is 4. The van der Waals surface area contributed by atoms with Crippen LogP contribution in [0.5, 0.6) is 0 Å². The van der Waals surface area contributed by atoms with Crippen molar-refractivity contribution in [2.75, 3.05) is 19.6 Å². The van der Waals surface area contributed by atoms with Crippen LogP contribution in [0.15, 0.2) is 18.3 Å². The first kappa shape index (κ1) is 11.9. The van der Waals surface area contributed by atoms with Gasteiger partial charge in [0.15, 0.2) is 0 Å². The summed E-state index contributed by atoms with van der Waals surface area (Å²) in [5.74, 6) is 0.593. The number of hydrogen-bond acceptors (Lipinski definition) is 3. The average Bonchev–Trinajstić information content (AvgIpc) is 3.09. The van der Waals surface area contributed by atoms with Gasteiger partial charge in [-0.15, -0.1) is 5.10 Å². The zero-order valence-corrected chi connectivity index (χ0v) is 11.0. The van der Waals surface area contributed by atoms with Crippen molar-refractivity contribution in [3.8, 4) is 0 Å². The van der Waals surface area contributed by atoms with Gasteiger partial charge in [-0.2, -0.15) is 0 Å². The van der Waals surface area contributed by atoms with Crippen LogP contribution in [0.1, 0.15) is 43.7 Å². The van der Waals surface area contributed by atoms with Gasteiger partial charge in [0.25, 0.3) is 0 Å². The van der Waals surface area contributed by atoms with E-state index in [2.05, 4.69) is 33.6 Å². The van der Waals surface area contributed by atoms with E-state index in [1.54, 1.807) is 0 Å². The van der Waals surface area contributed by atoms with Crippen molar-refractivity contribution in [3.05, 3.63) is 24.0 Å². The summed E-state index contributed by atoms with van der Waals surface area (Å²) >= 11 is 0. The van der Waals surface area contributed by atoms with Gasteiger partial charge in [0.05, 0.1) is 12.2 Å². The second kappa shape index (κ2) is 5.65. The number of aromatic nitrogens is 3. The first-order valence-corrected chi connectivity index (χ1v) is 7.19. The third kappa shape index (κ3) is 2.80. The predicted molar refractivity (Wildman–Crippen MR) is 71.4 cm³/mol. The van der Waals surface area contributed by atoms with Crippen molar-refractivity contribution in [1.29, 1.82) is 0 Å². The maximum Gasteiger partial charge on any atom is 0.0861 e. The Morgan fingerprint density at radius 1 is 1.17 bits per heavy atom. The molecule has 3 rings (SSSR count). The molecule has 1 fully saturated rings. The fourth-order valence-corrected chi connectivity index (χ4v) is 2.92. The van der Waals surface area contributed by atoms with Crippen molar-refractivity contribution in [3.63, 3.8) is 0 Å². The second-order valence-corrected chi connectivity index (χ2v) is 5.44. The number of hydrogen-bond donors (Lipinski definition) is 0. The van der Waals surface area contributed by atoms with E-state index in [9.17, 15) is 0 Å². The van der Waals surface area contributed by atoms with Gasteiger partial charge in [0.1, 0.15) is 0 Å². The lowest BCUT2D eigenvalue weighted by atomic mass is 9.92. The molecular formula is C14H22N4. The van der Waals surface area contributed by atoms with Crippen LogP contribution in [0.3, 0.4) is 0 Å². The number of nitrogens with zero attached hydrogens (tertiary/aromatic N) is 4. The van der Waals surface area contributed by atoms with Gasteiger partial charge < -0.3 is 4.90 Å². The summed E-state index contributed by atoms with van der Waals surface area (Å²) in [4.78, 5) is 2.52. The summed E-state index contributed by atoms with van der Waals surface area (Å²) in [5, 5.41) is 8.61. The van der Waals surface area contributed by atoms with Gasteiger partial charge in [-0.3, -0.25) is 4.68 Å². The van der Waals surface area contributed by atoms with E-state index in [4.69, 9.17) is 0 Å². The molecule has 1 aliphatic heterocycles.